The molecule has 0 saturated carbocycles. The van der Waals surface area contributed by atoms with Gasteiger partial charge in [-0.3, -0.25) is 9.97 Å². The molecule has 1 atom stereocenters. The standard InChI is InChI=1S/C21H20N6O2S3.ClH/c1-14-16(7-10-23-20(14)21(30)15-5-8-22-9-6-15)31-11-2-12-32-18-4-3-17-24-13-19(27(28)29)26(17)25-18;/h3-10,13,21,30H,2,11-12H2,1H3;1H. The highest BCUT2D eigenvalue weighted by Crippen LogP contribution is 2.33. The first-order valence-electron chi connectivity index (χ1n) is 9.83. The molecule has 0 radical (unpaired) electrons. The van der Waals surface area contributed by atoms with E-state index in [9.17, 15) is 10.1 Å². The summed E-state index contributed by atoms with van der Waals surface area (Å²) in [5.41, 5.74) is 3.63. The smallest absolute Gasteiger partial charge is 0.358 e. The molecule has 0 aliphatic rings. The molecule has 4 aromatic rings. The van der Waals surface area contributed by atoms with E-state index in [0.717, 1.165) is 39.8 Å². The molecule has 0 N–H and O–H groups in total. The summed E-state index contributed by atoms with van der Waals surface area (Å²) in [7, 11) is 0. The van der Waals surface area contributed by atoms with Crippen LogP contribution in [-0.2, 0) is 0 Å². The predicted molar refractivity (Wildman–Crippen MR) is 137 cm³/mol. The number of pyridine rings is 2. The van der Waals surface area contributed by atoms with E-state index in [4.69, 9.17) is 12.6 Å². The van der Waals surface area contributed by atoms with Crippen LogP contribution in [0.5, 0.6) is 0 Å². The van der Waals surface area contributed by atoms with Gasteiger partial charge in [-0.25, -0.2) is 4.98 Å². The minimum atomic E-state index is -0.479. The summed E-state index contributed by atoms with van der Waals surface area (Å²) in [6.07, 6.45) is 7.56. The minimum Gasteiger partial charge on any atom is -0.358 e. The molecule has 4 aromatic heterocycles. The fourth-order valence-electron chi connectivity index (χ4n) is 3.13. The highest BCUT2D eigenvalue weighted by atomic mass is 35.5. The van der Waals surface area contributed by atoms with Crippen molar-refractivity contribution in [1.29, 1.82) is 0 Å². The van der Waals surface area contributed by atoms with Gasteiger partial charge in [0.25, 0.3) is 0 Å². The Morgan fingerprint density at radius 2 is 1.85 bits per heavy atom. The van der Waals surface area contributed by atoms with Crippen molar-refractivity contribution in [3.8, 4) is 0 Å². The maximum Gasteiger partial charge on any atom is 0.368 e. The topological polar surface area (TPSA) is 99.1 Å². The summed E-state index contributed by atoms with van der Waals surface area (Å²) < 4.78 is 1.27. The van der Waals surface area contributed by atoms with Gasteiger partial charge in [0.1, 0.15) is 11.2 Å². The Kier molecular flexibility index (Phi) is 8.95. The Morgan fingerprint density at radius 1 is 1.09 bits per heavy atom. The number of fused-ring (bicyclic) bond motifs is 1. The largest absolute Gasteiger partial charge is 0.368 e. The van der Waals surface area contributed by atoms with E-state index in [0.29, 0.717) is 5.65 Å². The Bertz CT molecular complexity index is 1240. The van der Waals surface area contributed by atoms with E-state index in [2.05, 4.69) is 27.0 Å². The molecule has 0 aliphatic heterocycles. The van der Waals surface area contributed by atoms with Crippen molar-refractivity contribution in [2.24, 2.45) is 0 Å². The van der Waals surface area contributed by atoms with Crippen molar-refractivity contribution < 1.29 is 4.92 Å². The molecule has 0 aromatic carbocycles. The van der Waals surface area contributed by atoms with Gasteiger partial charge in [-0.1, -0.05) is 9.61 Å². The second kappa shape index (κ2) is 11.7. The fraction of sp³-hybridized carbons (Fsp3) is 0.238. The third-order valence-electron chi connectivity index (χ3n) is 4.78. The number of nitro groups is 1. The number of thioether (sulfide) groups is 2. The van der Waals surface area contributed by atoms with Gasteiger partial charge in [-0.15, -0.1) is 35.9 Å². The monoisotopic (exact) mass is 520 g/mol. The van der Waals surface area contributed by atoms with E-state index < -0.39 is 4.92 Å². The van der Waals surface area contributed by atoms with Crippen LogP contribution >= 0.6 is 48.6 Å². The van der Waals surface area contributed by atoms with Crippen LogP contribution in [0.3, 0.4) is 0 Å². The summed E-state index contributed by atoms with van der Waals surface area (Å²) in [6.45, 7) is 2.08. The van der Waals surface area contributed by atoms with E-state index in [1.165, 1.54) is 15.6 Å². The molecule has 172 valence electrons. The van der Waals surface area contributed by atoms with Crippen molar-refractivity contribution in [3.05, 3.63) is 82.1 Å². The molecular formula is C21H21ClN6O2S3. The lowest BCUT2D eigenvalue weighted by molar-refractivity contribution is -0.391. The van der Waals surface area contributed by atoms with Gasteiger partial charge in [0.05, 0.1) is 10.9 Å². The third kappa shape index (κ3) is 5.97. The van der Waals surface area contributed by atoms with E-state index in [-0.39, 0.29) is 23.5 Å². The zero-order valence-corrected chi connectivity index (χ0v) is 20.9. The van der Waals surface area contributed by atoms with Crippen LogP contribution in [0.25, 0.3) is 5.65 Å². The first kappa shape index (κ1) is 25.3. The number of halogens is 1. The quantitative estimate of drug-likeness (QED) is 0.102. The average molecular weight is 521 g/mol. The van der Waals surface area contributed by atoms with Crippen LogP contribution in [0.15, 0.2) is 65.0 Å². The Morgan fingerprint density at radius 3 is 2.61 bits per heavy atom. The maximum absolute atomic E-state index is 11.1. The first-order valence-corrected chi connectivity index (χ1v) is 12.3. The molecule has 4 rings (SSSR count). The van der Waals surface area contributed by atoms with Crippen molar-refractivity contribution >= 4 is 60.0 Å². The fourth-order valence-corrected chi connectivity index (χ4v) is 5.54. The second-order valence-electron chi connectivity index (χ2n) is 6.87. The van der Waals surface area contributed by atoms with Crippen LogP contribution in [0.2, 0.25) is 0 Å². The summed E-state index contributed by atoms with van der Waals surface area (Å²) >= 11 is 8.15. The molecule has 0 bridgehead atoms. The van der Waals surface area contributed by atoms with Crippen LogP contribution in [-0.4, -0.2) is 41.0 Å². The summed E-state index contributed by atoms with van der Waals surface area (Å²) in [5.74, 6) is 1.67. The normalized spacial score (nSPS) is 11.8. The van der Waals surface area contributed by atoms with Gasteiger partial charge >= 0.3 is 5.82 Å². The van der Waals surface area contributed by atoms with E-state index in [1.54, 1.807) is 42.0 Å². The number of hydrogen-bond donors (Lipinski definition) is 1. The molecule has 0 fully saturated rings. The Hall–Kier alpha value is -2.34. The number of aromatic nitrogens is 5. The minimum absolute atomic E-state index is 0. The summed E-state index contributed by atoms with van der Waals surface area (Å²) in [6, 6.07) is 9.54. The summed E-state index contributed by atoms with van der Waals surface area (Å²) in [5, 5.41) is 16.1. The number of imidazole rings is 1. The lowest BCUT2D eigenvalue weighted by Crippen LogP contribution is -2.01. The maximum atomic E-state index is 11.1. The number of nitrogens with zero attached hydrogens (tertiary/aromatic N) is 6. The molecule has 4 heterocycles. The second-order valence-corrected chi connectivity index (χ2v) is 9.64. The molecular weight excluding hydrogens is 500 g/mol. The van der Waals surface area contributed by atoms with Crippen LogP contribution < -0.4 is 0 Å². The predicted octanol–water partition coefficient (Wildman–Crippen LogP) is 5.45. The SMILES string of the molecule is Cc1c(SCCCSc2ccc3ncc([N+](=O)[O-])n3n2)ccnc1C(S)c1ccncc1.Cl. The van der Waals surface area contributed by atoms with Gasteiger partial charge < -0.3 is 10.1 Å². The number of rotatable bonds is 9. The molecule has 1 unspecified atom stereocenters. The van der Waals surface area contributed by atoms with Crippen molar-refractivity contribution in [2.45, 2.75) is 28.5 Å². The van der Waals surface area contributed by atoms with E-state index >= 15 is 0 Å². The highest BCUT2D eigenvalue weighted by Gasteiger charge is 2.17. The molecule has 8 nitrogen and oxygen atoms in total. The molecule has 0 spiro atoms. The Balaban J connectivity index is 0.00000306. The number of hydrogen-bond acceptors (Lipinski definition) is 9. The molecule has 0 saturated heterocycles. The third-order valence-corrected chi connectivity index (χ3v) is 7.57. The molecule has 33 heavy (non-hydrogen) atoms. The van der Waals surface area contributed by atoms with Crippen LogP contribution in [0.1, 0.15) is 28.5 Å². The average Bonchev–Trinajstić information content (AvgIpc) is 3.24. The van der Waals surface area contributed by atoms with Crippen LogP contribution in [0, 0.1) is 17.0 Å². The van der Waals surface area contributed by atoms with Gasteiger partial charge in [-0.2, -0.15) is 12.6 Å². The molecule has 0 aliphatic carbocycles. The van der Waals surface area contributed by atoms with Gasteiger partial charge in [-0.05, 0) is 59.4 Å². The Labute approximate surface area is 211 Å². The van der Waals surface area contributed by atoms with Crippen LogP contribution in [0.4, 0.5) is 5.82 Å². The number of thiol groups is 1. The zero-order valence-electron chi connectivity index (χ0n) is 17.6. The van der Waals surface area contributed by atoms with E-state index in [1.807, 2.05) is 30.5 Å². The van der Waals surface area contributed by atoms with Gasteiger partial charge in [0.15, 0.2) is 0 Å². The zero-order chi connectivity index (χ0) is 22.5. The lowest BCUT2D eigenvalue weighted by atomic mass is 10.1. The van der Waals surface area contributed by atoms with Gasteiger partial charge in [0, 0.05) is 35.3 Å². The van der Waals surface area contributed by atoms with Gasteiger partial charge in [0.2, 0.25) is 5.65 Å². The summed E-state index contributed by atoms with van der Waals surface area (Å²) in [4.78, 5) is 24.4. The molecule has 12 heteroatoms. The highest BCUT2D eigenvalue weighted by molar-refractivity contribution is 8.00. The first-order chi connectivity index (χ1) is 15.5. The lowest BCUT2D eigenvalue weighted by Gasteiger charge is -2.15. The van der Waals surface area contributed by atoms with Crippen molar-refractivity contribution in [3.63, 3.8) is 0 Å². The molecule has 0 amide bonds. The van der Waals surface area contributed by atoms with Crippen molar-refractivity contribution in [2.75, 3.05) is 11.5 Å². The van der Waals surface area contributed by atoms with Crippen molar-refractivity contribution in [1.82, 2.24) is 24.6 Å².